The van der Waals surface area contributed by atoms with E-state index in [2.05, 4.69) is 10.2 Å². The topological polar surface area (TPSA) is 31.9 Å². The van der Waals surface area contributed by atoms with Gasteiger partial charge in [0.1, 0.15) is 0 Å². The van der Waals surface area contributed by atoms with Crippen LogP contribution in [0.1, 0.15) is 28.8 Å². The summed E-state index contributed by atoms with van der Waals surface area (Å²) in [5, 5.41) is 7.23. The summed E-state index contributed by atoms with van der Waals surface area (Å²) in [6.45, 7) is 4.55. The van der Waals surface area contributed by atoms with Gasteiger partial charge in [0, 0.05) is 23.4 Å². The highest BCUT2D eigenvalue weighted by Gasteiger charge is 2.21. The molecule has 1 N–H and O–H groups in total. The Kier molecular flexibility index (Phi) is 3.04. The predicted molar refractivity (Wildman–Crippen MR) is 75.5 cm³/mol. The number of rotatable bonds is 2. The molecule has 1 aromatic heterocycles. The normalized spacial score (nSPS) is 13.9. The number of anilines is 2. The summed E-state index contributed by atoms with van der Waals surface area (Å²) in [6, 6.07) is 4.75. The van der Waals surface area contributed by atoms with Crippen LogP contribution in [-0.2, 0) is 0 Å². The molecule has 1 aliphatic rings. The number of alkyl halides is 2. The first-order valence-electron chi connectivity index (χ1n) is 6.45. The standard InChI is InChI=1S/C15H15F2N3/c1-9-10(2)18-19-15(9)20-7-3-4-11-5-6-12(14(16)17)8-13(11)20/h3-6,8,14H,7H2,1-2H3,(H,18,19). The molecule has 0 spiro atoms. The molecule has 0 atom stereocenters. The Hall–Kier alpha value is -2.17. The van der Waals surface area contributed by atoms with Gasteiger partial charge in [-0.25, -0.2) is 8.78 Å². The highest BCUT2D eigenvalue weighted by Crippen LogP contribution is 2.36. The molecule has 1 aromatic carbocycles. The van der Waals surface area contributed by atoms with Gasteiger partial charge in [-0.05, 0) is 25.5 Å². The van der Waals surface area contributed by atoms with E-state index in [-0.39, 0.29) is 5.56 Å². The Morgan fingerprint density at radius 1 is 1.30 bits per heavy atom. The third-order valence-corrected chi connectivity index (χ3v) is 3.67. The maximum absolute atomic E-state index is 12.9. The molecule has 0 saturated carbocycles. The lowest BCUT2D eigenvalue weighted by atomic mass is 10.0. The Labute approximate surface area is 115 Å². The second-order valence-corrected chi connectivity index (χ2v) is 4.93. The van der Waals surface area contributed by atoms with Crippen LogP contribution in [0.5, 0.6) is 0 Å². The van der Waals surface area contributed by atoms with E-state index in [9.17, 15) is 8.78 Å². The molecule has 104 valence electrons. The number of hydrogen-bond acceptors (Lipinski definition) is 2. The lowest BCUT2D eigenvalue weighted by Gasteiger charge is -2.27. The largest absolute Gasteiger partial charge is 0.320 e. The van der Waals surface area contributed by atoms with Gasteiger partial charge in [0.15, 0.2) is 5.82 Å². The fourth-order valence-corrected chi connectivity index (χ4v) is 2.39. The molecule has 0 radical (unpaired) electrons. The van der Waals surface area contributed by atoms with E-state index in [4.69, 9.17) is 0 Å². The SMILES string of the molecule is Cc1[nH]nc(N2CC=Cc3ccc(C(F)F)cc32)c1C. The summed E-state index contributed by atoms with van der Waals surface area (Å²) < 4.78 is 25.8. The minimum Gasteiger partial charge on any atom is -0.320 e. The second kappa shape index (κ2) is 4.74. The molecule has 2 heterocycles. The van der Waals surface area contributed by atoms with Crippen molar-refractivity contribution in [1.29, 1.82) is 0 Å². The number of fused-ring (bicyclic) bond motifs is 1. The van der Waals surface area contributed by atoms with Crippen LogP contribution in [0.3, 0.4) is 0 Å². The number of H-pyrrole nitrogens is 1. The Bertz CT molecular complexity index is 674. The quantitative estimate of drug-likeness (QED) is 0.893. The van der Waals surface area contributed by atoms with Gasteiger partial charge in [-0.1, -0.05) is 24.3 Å². The third-order valence-electron chi connectivity index (χ3n) is 3.67. The van der Waals surface area contributed by atoms with Crippen molar-refractivity contribution in [3.05, 3.63) is 46.7 Å². The van der Waals surface area contributed by atoms with Crippen LogP contribution < -0.4 is 4.90 Å². The van der Waals surface area contributed by atoms with Crippen LogP contribution in [-0.4, -0.2) is 16.7 Å². The Balaban J connectivity index is 2.11. The van der Waals surface area contributed by atoms with Gasteiger partial charge in [-0.15, -0.1) is 0 Å². The highest BCUT2D eigenvalue weighted by atomic mass is 19.3. The van der Waals surface area contributed by atoms with E-state index in [0.29, 0.717) is 6.54 Å². The van der Waals surface area contributed by atoms with E-state index in [1.165, 1.54) is 6.07 Å². The van der Waals surface area contributed by atoms with Gasteiger partial charge in [-0.3, -0.25) is 5.10 Å². The van der Waals surface area contributed by atoms with Crippen molar-refractivity contribution in [3.63, 3.8) is 0 Å². The first-order valence-corrected chi connectivity index (χ1v) is 6.45. The summed E-state index contributed by atoms with van der Waals surface area (Å²) in [6.07, 6.45) is 1.50. The highest BCUT2D eigenvalue weighted by molar-refractivity contribution is 5.78. The van der Waals surface area contributed by atoms with Crippen LogP contribution >= 0.6 is 0 Å². The number of nitrogens with one attached hydrogen (secondary N) is 1. The Morgan fingerprint density at radius 2 is 2.10 bits per heavy atom. The summed E-state index contributed by atoms with van der Waals surface area (Å²) in [4.78, 5) is 1.96. The minimum atomic E-state index is -2.46. The summed E-state index contributed by atoms with van der Waals surface area (Å²) in [7, 11) is 0. The zero-order chi connectivity index (χ0) is 14.3. The molecular formula is C15H15F2N3. The molecule has 3 nitrogen and oxygen atoms in total. The molecule has 20 heavy (non-hydrogen) atoms. The van der Waals surface area contributed by atoms with Gasteiger partial charge in [0.2, 0.25) is 0 Å². The maximum Gasteiger partial charge on any atom is 0.263 e. The molecule has 0 bridgehead atoms. The maximum atomic E-state index is 12.9. The van der Waals surface area contributed by atoms with Gasteiger partial charge < -0.3 is 4.90 Å². The fourth-order valence-electron chi connectivity index (χ4n) is 2.39. The number of nitrogens with zero attached hydrogens (tertiary/aromatic N) is 2. The van der Waals surface area contributed by atoms with Crippen molar-refractivity contribution in [2.75, 3.05) is 11.4 Å². The molecule has 2 aromatic rings. The number of aromatic nitrogens is 2. The summed E-state index contributed by atoms with van der Waals surface area (Å²) in [5.74, 6) is 0.791. The van der Waals surface area contributed by atoms with Crippen molar-refractivity contribution >= 4 is 17.6 Å². The van der Waals surface area contributed by atoms with E-state index in [0.717, 1.165) is 28.3 Å². The molecular weight excluding hydrogens is 260 g/mol. The zero-order valence-electron chi connectivity index (χ0n) is 11.3. The van der Waals surface area contributed by atoms with E-state index in [1.54, 1.807) is 12.1 Å². The van der Waals surface area contributed by atoms with Crippen LogP contribution in [0.2, 0.25) is 0 Å². The van der Waals surface area contributed by atoms with Crippen LogP contribution in [0, 0.1) is 13.8 Å². The first-order chi connectivity index (χ1) is 9.58. The fraction of sp³-hybridized carbons (Fsp3) is 0.267. The van der Waals surface area contributed by atoms with Gasteiger partial charge in [0.25, 0.3) is 6.43 Å². The van der Waals surface area contributed by atoms with Crippen molar-refractivity contribution in [2.45, 2.75) is 20.3 Å². The van der Waals surface area contributed by atoms with Crippen LogP contribution in [0.25, 0.3) is 6.08 Å². The van der Waals surface area contributed by atoms with Gasteiger partial charge >= 0.3 is 0 Å². The molecule has 0 aliphatic carbocycles. The Morgan fingerprint density at radius 3 is 2.75 bits per heavy atom. The monoisotopic (exact) mass is 275 g/mol. The third kappa shape index (κ3) is 1.99. The molecule has 3 rings (SSSR count). The number of aromatic amines is 1. The molecule has 0 amide bonds. The van der Waals surface area contributed by atoms with Gasteiger partial charge in [0.05, 0.1) is 5.69 Å². The molecule has 0 saturated heterocycles. The average molecular weight is 275 g/mol. The average Bonchev–Trinajstić information content (AvgIpc) is 2.77. The number of benzene rings is 1. The molecule has 0 fully saturated rings. The number of halogens is 2. The van der Waals surface area contributed by atoms with Crippen molar-refractivity contribution < 1.29 is 8.78 Å². The molecule has 0 unspecified atom stereocenters. The van der Waals surface area contributed by atoms with E-state index < -0.39 is 6.43 Å². The number of aryl methyl sites for hydroxylation is 1. The van der Waals surface area contributed by atoms with Gasteiger partial charge in [-0.2, -0.15) is 5.10 Å². The lowest BCUT2D eigenvalue weighted by Crippen LogP contribution is -2.21. The van der Waals surface area contributed by atoms with E-state index >= 15 is 0 Å². The van der Waals surface area contributed by atoms with Crippen LogP contribution in [0.15, 0.2) is 24.3 Å². The van der Waals surface area contributed by atoms with E-state index in [1.807, 2.05) is 30.9 Å². The second-order valence-electron chi connectivity index (χ2n) is 4.93. The smallest absolute Gasteiger partial charge is 0.263 e. The molecule has 1 aliphatic heterocycles. The zero-order valence-corrected chi connectivity index (χ0v) is 11.3. The van der Waals surface area contributed by atoms with Crippen molar-refractivity contribution in [2.24, 2.45) is 0 Å². The van der Waals surface area contributed by atoms with Crippen molar-refractivity contribution in [3.8, 4) is 0 Å². The van der Waals surface area contributed by atoms with Crippen LogP contribution in [0.4, 0.5) is 20.3 Å². The lowest BCUT2D eigenvalue weighted by molar-refractivity contribution is 0.151. The number of hydrogen-bond donors (Lipinski definition) is 1. The molecule has 5 heteroatoms. The minimum absolute atomic E-state index is 0.0361. The predicted octanol–water partition coefficient (Wildman–Crippen LogP) is 4.13. The summed E-state index contributed by atoms with van der Waals surface area (Å²) >= 11 is 0. The summed E-state index contributed by atoms with van der Waals surface area (Å²) in [5.41, 5.74) is 3.77. The van der Waals surface area contributed by atoms with Crippen molar-refractivity contribution in [1.82, 2.24) is 10.2 Å². The first kappa shape index (κ1) is 12.8.